The SMILES string of the molecule is COCCNc1cc(C(=O)Nc2cccc(Br)c2)nc(C)n1. The van der Waals surface area contributed by atoms with Crippen molar-refractivity contribution in [3.63, 3.8) is 0 Å². The van der Waals surface area contributed by atoms with Crippen LogP contribution in [-0.2, 0) is 4.74 Å². The van der Waals surface area contributed by atoms with Crippen LogP contribution in [0.1, 0.15) is 16.3 Å². The van der Waals surface area contributed by atoms with Crippen molar-refractivity contribution in [2.45, 2.75) is 6.92 Å². The zero-order chi connectivity index (χ0) is 15.9. The summed E-state index contributed by atoms with van der Waals surface area (Å²) in [4.78, 5) is 20.7. The summed E-state index contributed by atoms with van der Waals surface area (Å²) in [6.07, 6.45) is 0. The molecule has 1 amide bonds. The van der Waals surface area contributed by atoms with Crippen molar-refractivity contribution in [2.24, 2.45) is 0 Å². The predicted octanol–water partition coefficient (Wildman–Crippen LogP) is 2.86. The van der Waals surface area contributed by atoms with Gasteiger partial charge in [0.05, 0.1) is 6.61 Å². The van der Waals surface area contributed by atoms with E-state index in [0.717, 1.165) is 4.47 Å². The van der Waals surface area contributed by atoms with Crippen molar-refractivity contribution in [2.75, 3.05) is 30.9 Å². The van der Waals surface area contributed by atoms with E-state index in [1.165, 1.54) is 0 Å². The fraction of sp³-hybridized carbons (Fsp3) is 0.267. The smallest absolute Gasteiger partial charge is 0.274 e. The molecule has 1 aromatic carbocycles. The molecule has 0 saturated heterocycles. The Morgan fingerprint density at radius 3 is 2.86 bits per heavy atom. The van der Waals surface area contributed by atoms with Crippen LogP contribution < -0.4 is 10.6 Å². The number of carbonyl (C=O) groups excluding carboxylic acids is 1. The number of aromatic nitrogens is 2. The number of anilines is 2. The van der Waals surface area contributed by atoms with Crippen LogP contribution in [0.3, 0.4) is 0 Å². The van der Waals surface area contributed by atoms with Gasteiger partial charge in [0.2, 0.25) is 0 Å². The highest BCUT2D eigenvalue weighted by atomic mass is 79.9. The molecule has 0 saturated carbocycles. The topological polar surface area (TPSA) is 76.1 Å². The van der Waals surface area contributed by atoms with Crippen LogP contribution in [0.15, 0.2) is 34.8 Å². The highest BCUT2D eigenvalue weighted by molar-refractivity contribution is 9.10. The van der Waals surface area contributed by atoms with E-state index in [0.29, 0.717) is 36.2 Å². The Balaban J connectivity index is 2.11. The number of nitrogens with zero attached hydrogens (tertiary/aromatic N) is 2. The maximum Gasteiger partial charge on any atom is 0.274 e. The van der Waals surface area contributed by atoms with E-state index in [9.17, 15) is 4.79 Å². The molecule has 2 aromatic rings. The molecule has 116 valence electrons. The van der Waals surface area contributed by atoms with Crippen LogP contribution in [-0.4, -0.2) is 36.1 Å². The lowest BCUT2D eigenvalue weighted by Gasteiger charge is -2.09. The monoisotopic (exact) mass is 364 g/mol. The molecule has 1 heterocycles. The summed E-state index contributed by atoms with van der Waals surface area (Å²) in [6, 6.07) is 9.00. The minimum absolute atomic E-state index is 0.279. The Kier molecular flexibility index (Phi) is 5.85. The molecule has 0 bridgehead atoms. The van der Waals surface area contributed by atoms with Gasteiger partial charge in [-0.3, -0.25) is 4.79 Å². The van der Waals surface area contributed by atoms with E-state index in [2.05, 4.69) is 36.5 Å². The van der Waals surface area contributed by atoms with E-state index < -0.39 is 0 Å². The lowest BCUT2D eigenvalue weighted by atomic mass is 10.3. The van der Waals surface area contributed by atoms with Crippen molar-refractivity contribution in [3.05, 3.63) is 46.3 Å². The molecule has 2 rings (SSSR count). The third-order valence-corrected chi connectivity index (χ3v) is 3.26. The van der Waals surface area contributed by atoms with Gasteiger partial charge >= 0.3 is 0 Å². The molecule has 1 aromatic heterocycles. The molecule has 0 fully saturated rings. The Morgan fingerprint density at radius 1 is 1.32 bits per heavy atom. The number of carbonyl (C=O) groups is 1. The highest BCUT2D eigenvalue weighted by Gasteiger charge is 2.11. The van der Waals surface area contributed by atoms with Crippen molar-refractivity contribution >= 4 is 33.3 Å². The van der Waals surface area contributed by atoms with Gasteiger partial charge in [-0.25, -0.2) is 9.97 Å². The predicted molar refractivity (Wildman–Crippen MR) is 89.2 cm³/mol. The number of amides is 1. The third-order valence-electron chi connectivity index (χ3n) is 2.77. The van der Waals surface area contributed by atoms with Crippen LogP contribution in [0.4, 0.5) is 11.5 Å². The molecular weight excluding hydrogens is 348 g/mol. The molecule has 6 nitrogen and oxygen atoms in total. The second-order valence-electron chi connectivity index (χ2n) is 4.57. The number of benzene rings is 1. The van der Waals surface area contributed by atoms with Crippen LogP contribution in [0.25, 0.3) is 0 Å². The average Bonchev–Trinajstić information content (AvgIpc) is 2.47. The first-order valence-corrected chi connectivity index (χ1v) is 7.53. The maximum atomic E-state index is 12.3. The number of hydrogen-bond acceptors (Lipinski definition) is 5. The van der Waals surface area contributed by atoms with Gasteiger partial charge in [-0.2, -0.15) is 0 Å². The molecule has 7 heteroatoms. The average molecular weight is 365 g/mol. The fourth-order valence-electron chi connectivity index (χ4n) is 1.82. The first-order chi connectivity index (χ1) is 10.6. The summed E-state index contributed by atoms with van der Waals surface area (Å²) in [5, 5.41) is 5.90. The molecule has 0 unspecified atom stereocenters. The summed E-state index contributed by atoms with van der Waals surface area (Å²) in [7, 11) is 1.63. The van der Waals surface area contributed by atoms with Gasteiger partial charge in [-0.15, -0.1) is 0 Å². The number of aryl methyl sites for hydroxylation is 1. The van der Waals surface area contributed by atoms with Crippen LogP contribution in [0, 0.1) is 6.92 Å². The van der Waals surface area contributed by atoms with Crippen LogP contribution in [0.2, 0.25) is 0 Å². The lowest BCUT2D eigenvalue weighted by Crippen LogP contribution is -2.16. The Labute approximate surface area is 137 Å². The summed E-state index contributed by atoms with van der Waals surface area (Å²) in [5.41, 5.74) is 1.01. The molecular formula is C15H17BrN4O2. The minimum atomic E-state index is -0.279. The Morgan fingerprint density at radius 2 is 2.14 bits per heavy atom. The molecule has 0 aliphatic rings. The molecule has 0 spiro atoms. The number of halogens is 1. The largest absolute Gasteiger partial charge is 0.383 e. The minimum Gasteiger partial charge on any atom is -0.383 e. The zero-order valence-corrected chi connectivity index (χ0v) is 14.0. The van der Waals surface area contributed by atoms with Gasteiger partial charge in [-0.05, 0) is 25.1 Å². The van der Waals surface area contributed by atoms with Gasteiger partial charge in [0, 0.05) is 29.9 Å². The summed E-state index contributed by atoms with van der Waals surface area (Å²) in [5.74, 6) is 0.851. The highest BCUT2D eigenvalue weighted by Crippen LogP contribution is 2.16. The zero-order valence-electron chi connectivity index (χ0n) is 12.4. The Hall–Kier alpha value is -1.99. The number of ether oxygens (including phenoxy) is 1. The molecule has 0 atom stereocenters. The van der Waals surface area contributed by atoms with Crippen molar-refractivity contribution in [3.8, 4) is 0 Å². The van der Waals surface area contributed by atoms with Crippen molar-refractivity contribution in [1.82, 2.24) is 9.97 Å². The van der Waals surface area contributed by atoms with Gasteiger partial charge in [0.25, 0.3) is 5.91 Å². The number of methoxy groups -OCH3 is 1. The summed E-state index contributed by atoms with van der Waals surface area (Å²) in [6.45, 7) is 2.92. The van der Waals surface area contributed by atoms with E-state index in [1.807, 2.05) is 24.3 Å². The quantitative estimate of drug-likeness (QED) is 0.770. The molecule has 22 heavy (non-hydrogen) atoms. The molecule has 0 radical (unpaired) electrons. The second kappa shape index (κ2) is 7.86. The molecule has 0 aliphatic carbocycles. The third kappa shape index (κ3) is 4.78. The van der Waals surface area contributed by atoms with E-state index in [1.54, 1.807) is 20.1 Å². The maximum absolute atomic E-state index is 12.3. The summed E-state index contributed by atoms with van der Waals surface area (Å²) < 4.78 is 5.87. The van der Waals surface area contributed by atoms with Crippen LogP contribution in [0.5, 0.6) is 0 Å². The second-order valence-corrected chi connectivity index (χ2v) is 5.49. The normalized spacial score (nSPS) is 10.3. The molecule has 2 N–H and O–H groups in total. The number of hydrogen-bond donors (Lipinski definition) is 2. The van der Waals surface area contributed by atoms with Gasteiger partial charge < -0.3 is 15.4 Å². The number of nitrogens with one attached hydrogen (secondary N) is 2. The van der Waals surface area contributed by atoms with Gasteiger partial charge in [-0.1, -0.05) is 22.0 Å². The van der Waals surface area contributed by atoms with E-state index in [4.69, 9.17) is 4.74 Å². The standard InChI is InChI=1S/C15H17BrN4O2/c1-10-18-13(9-14(19-10)17-6-7-22-2)15(21)20-12-5-3-4-11(16)8-12/h3-5,8-9H,6-7H2,1-2H3,(H,20,21)(H,17,18,19). The van der Waals surface area contributed by atoms with Crippen molar-refractivity contribution in [1.29, 1.82) is 0 Å². The van der Waals surface area contributed by atoms with Crippen LogP contribution >= 0.6 is 15.9 Å². The van der Waals surface area contributed by atoms with E-state index >= 15 is 0 Å². The first kappa shape index (κ1) is 16.4. The fourth-order valence-corrected chi connectivity index (χ4v) is 2.22. The first-order valence-electron chi connectivity index (χ1n) is 6.74. The number of rotatable bonds is 6. The molecule has 0 aliphatic heterocycles. The van der Waals surface area contributed by atoms with E-state index in [-0.39, 0.29) is 5.91 Å². The summed E-state index contributed by atoms with van der Waals surface area (Å²) >= 11 is 3.37. The lowest BCUT2D eigenvalue weighted by molar-refractivity contribution is 0.102. The Bertz CT molecular complexity index is 664. The van der Waals surface area contributed by atoms with Crippen molar-refractivity contribution < 1.29 is 9.53 Å². The van der Waals surface area contributed by atoms with Gasteiger partial charge in [0.1, 0.15) is 17.3 Å². The van der Waals surface area contributed by atoms with Gasteiger partial charge in [0.15, 0.2) is 0 Å².